The van der Waals surface area contributed by atoms with Crippen molar-refractivity contribution in [3.8, 4) is 0 Å². The Morgan fingerprint density at radius 3 is 3.00 bits per heavy atom. The average Bonchev–Trinajstić information content (AvgIpc) is 2.58. The van der Waals surface area contributed by atoms with Crippen LogP contribution in [0.3, 0.4) is 0 Å². The zero-order valence-corrected chi connectivity index (χ0v) is 7.07. The number of hydrogen-bond donors (Lipinski definition) is 2. The molecule has 4 nitrogen and oxygen atoms in total. The molecule has 2 atom stereocenters. The van der Waals surface area contributed by atoms with E-state index in [0.29, 0.717) is 6.54 Å². The lowest BCUT2D eigenvalue weighted by atomic mass is 10.0. The van der Waals surface area contributed by atoms with Gasteiger partial charge in [-0.2, -0.15) is 5.10 Å². The zero-order valence-electron chi connectivity index (χ0n) is 7.07. The molecule has 2 heterocycles. The van der Waals surface area contributed by atoms with E-state index in [9.17, 15) is 5.11 Å². The summed E-state index contributed by atoms with van der Waals surface area (Å²) < 4.78 is 1.76. The molecule has 1 aliphatic heterocycles. The SMILES string of the molecule is Cn1ccc([C@@H]2CNC[C@H]2O)n1. The van der Waals surface area contributed by atoms with Crippen LogP contribution in [0.2, 0.25) is 0 Å². The van der Waals surface area contributed by atoms with Gasteiger partial charge in [-0.15, -0.1) is 0 Å². The summed E-state index contributed by atoms with van der Waals surface area (Å²) in [4.78, 5) is 0. The quantitative estimate of drug-likeness (QED) is 0.591. The van der Waals surface area contributed by atoms with Crippen LogP contribution in [-0.2, 0) is 7.05 Å². The van der Waals surface area contributed by atoms with Crippen molar-refractivity contribution in [3.05, 3.63) is 18.0 Å². The van der Waals surface area contributed by atoms with Crippen molar-refractivity contribution in [1.29, 1.82) is 0 Å². The summed E-state index contributed by atoms with van der Waals surface area (Å²) in [6, 6.07) is 1.96. The van der Waals surface area contributed by atoms with Gasteiger partial charge in [0.2, 0.25) is 0 Å². The number of nitrogens with one attached hydrogen (secondary N) is 1. The van der Waals surface area contributed by atoms with Gasteiger partial charge in [-0.3, -0.25) is 4.68 Å². The molecule has 0 aliphatic carbocycles. The highest BCUT2D eigenvalue weighted by atomic mass is 16.3. The lowest BCUT2D eigenvalue weighted by molar-refractivity contribution is 0.176. The highest BCUT2D eigenvalue weighted by Gasteiger charge is 2.27. The van der Waals surface area contributed by atoms with Crippen molar-refractivity contribution in [1.82, 2.24) is 15.1 Å². The molecule has 2 N–H and O–H groups in total. The molecule has 1 aliphatic rings. The summed E-state index contributed by atoms with van der Waals surface area (Å²) in [6.45, 7) is 1.51. The second-order valence-corrected chi connectivity index (χ2v) is 3.25. The van der Waals surface area contributed by atoms with E-state index in [1.807, 2.05) is 19.3 Å². The van der Waals surface area contributed by atoms with E-state index in [4.69, 9.17) is 0 Å². The second kappa shape index (κ2) is 2.88. The molecule has 1 aromatic rings. The predicted octanol–water partition coefficient (Wildman–Crippen LogP) is -0.532. The van der Waals surface area contributed by atoms with Crippen molar-refractivity contribution in [2.24, 2.45) is 7.05 Å². The fourth-order valence-corrected chi connectivity index (χ4v) is 1.60. The molecule has 1 fully saturated rings. The molecule has 0 bridgehead atoms. The van der Waals surface area contributed by atoms with E-state index in [1.165, 1.54) is 0 Å². The fourth-order valence-electron chi connectivity index (χ4n) is 1.60. The third kappa shape index (κ3) is 1.23. The Morgan fingerprint density at radius 2 is 2.50 bits per heavy atom. The van der Waals surface area contributed by atoms with Crippen LogP contribution in [0.1, 0.15) is 11.6 Å². The van der Waals surface area contributed by atoms with E-state index in [-0.39, 0.29) is 12.0 Å². The van der Waals surface area contributed by atoms with Crippen molar-refractivity contribution < 1.29 is 5.11 Å². The van der Waals surface area contributed by atoms with Crippen molar-refractivity contribution in [2.75, 3.05) is 13.1 Å². The number of aryl methyl sites for hydroxylation is 1. The van der Waals surface area contributed by atoms with E-state index < -0.39 is 0 Å². The van der Waals surface area contributed by atoms with Crippen LogP contribution >= 0.6 is 0 Å². The Labute approximate surface area is 71.2 Å². The summed E-state index contributed by atoms with van der Waals surface area (Å²) >= 11 is 0. The van der Waals surface area contributed by atoms with Crippen LogP contribution < -0.4 is 5.32 Å². The standard InChI is InChI=1S/C8H13N3O/c1-11-3-2-7(10-11)6-4-9-5-8(6)12/h2-3,6,8-9,12H,4-5H2,1H3/t6-,8+/m0/s1. The van der Waals surface area contributed by atoms with Crippen LogP contribution in [0.5, 0.6) is 0 Å². The first-order valence-electron chi connectivity index (χ1n) is 4.15. The first-order chi connectivity index (χ1) is 5.77. The molecule has 0 amide bonds. The van der Waals surface area contributed by atoms with Crippen LogP contribution in [0.4, 0.5) is 0 Å². The van der Waals surface area contributed by atoms with Crippen LogP contribution in [0.25, 0.3) is 0 Å². The van der Waals surface area contributed by atoms with Gasteiger partial charge >= 0.3 is 0 Å². The van der Waals surface area contributed by atoms with Crippen molar-refractivity contribution >= 4 is 0 Å². The smallest absolute Gasteiger partial charge is 0.0761 e. The minimum absolute atomic E-state index is 0.172. The predicted molar refractivity (Wildman–Crippen MR) is 44.8 cm³/mol. The molecule has 0 saturated carbocycles. The third-order valence-electron chi connectivity index (χ3n) is 2.30. The number of nitrogens with zero attached hydrogens (tertiary/aromatic N) is 2. The highest BCUT2D eigenvalue weighted by Crippen LogP contribution is 2.20. The Hall–Kier alpha value is -0.870. The number of hydrogen-bond acceptors (Lipinski definition) is 3. The Bertz CT molecular complexity index is 271. The monoisotopic (exact) mass is 167 g/mol. The van der Waals surface area contributed by atoms with E-state index >= 15 is 0 Å². The lowest BCUT2D eigenvalue weighted by Crippen LogP contribution is -2.16. The molecule has 1 aromatic heterocycles. The highest BCUT2D eigenvalue weighted by molar-refractivity contribution is 5.11. The number of aliphatic hydroxyl groups is 1. The van der Waals surface area contributed by atoms with E-state index in [0.717, 1.165) is 12.2 Å². The summed E-state index contributed by atoms with van der Waals surface area (Å²) in [5, 5.41) is 16.9. The zero-order chi connectivity index (χ0) is 8.55. The summed E-state index contributed by atoms with van der Waals surface area (Å²) in [7, 11) is 1.89. The van der Waals surface area contributed by atoms with E-state index in [1.54, 1.807) is 4.68 Å². The first-order valence-corrected chi connectivity index (χ1v) is 4.15. The first kappa shape index (κ1) is 7.76. The van der Waals surface area contributed by atoms with Gasteiger partial charge < -0.3 is 10.4 Å². The Kier molecular flexibility index (Phi) is 1.86. The topological polar surface area (TPSA) is 50.1 Å². The number of rotatable bonds is 1. The van der Waals surface area contributed by atoms with Gasteiger partial charge in [0.25, 0.3) is 0 Å². The van der Waals surface area contributed by atoms with E-state index in [2.05, 4.69) is 10.4 Å². The molecule has 0 radical (unpaired) electrons. The normalized spacial score (nSPS) is 29.5. The average molecular weight is 167 g/mol. The van der Waals surface area contributed by atoms with Gasteiger partial charge in [0.1, 0.15) is 0 Å². The van der Waals surface area contributed by atoms with Gasteiger partial charge in [0.15, 0.2) is 0 Å². The molecule has 0 aromatic carbocycles. The maximum absolute atomic E-state index is 9.54. The van der Waals surface area contributed by atoms with Crippen LogP contribution in [0.15, 0.2) is 12.3 Å². The van der Waals surface area contributed by atoms with Crippen LogP contribution in [-0.4, -0.2) is 34.1 Å². The minimum atomic E-state index is -0.278. The third-order valence-corrected chi connectivity index (χ3v) is 2.30. The van der Waals surface area contributed by atoms with Gasteiger partial charge in [0.05, 0.1) is 11.8 Å². The maximum Gasteiger partial charge on any atom is 0.0761 e. The summed E-state index contributed by atoms with van der Waals surface area (Å²) in [5.41, 5.74) is 0.981. The summed E-state index contributed by atoms with van der Waals surface area (Å²) in [5.74, 6) is 0.172. The number of aliphatic hydroxyl groups excluding tert-OH is 1. The molecular weight excluding hydrogens is 154 g/mol. The molecule has 12 heavy (non-hydrogen) atoms. The van der Waals surface area contributed by atoms with Gasteiger partial charge in [-0.1, -0.05) is 0 Å². The Morgan fingerprint density at radius 1 is 1.67 bits per heavy atom. The molecule has 0 unspecified atom stereocenters. The molecular formula is C8H13N3O. The maximum atomic E-state index is 9.54. The molecule has 2 rings (SSSR count). The van der Waals surface area contributed by atoms with Crippen molar-refractivity contribution in [3.63, 3.8) is 0 Å². The largest absolute Gasteiger partial charge is 0.391 e. The number of β-amino-alcohol motifs (C(OH)–C–C–N with tert-alkyl or cyclic N) is 1. The van der Waals surface area contributed by atoms with Gasteiger partial charge in [-0.25, -0.2) is 0 Å². The molecule has 1 saturated heterocycles. The summed E-state index contributed by atoms with van der Waals surface area (Å²) in [6.07, 6.45) is 1.63. The second-order valence-electron chi connectivity index (χ2n) is 3.25. The van der Waals surface area contributed by atoms with Crippen molar-refractivity contribution in [2.45, 2.75) is 12.0 Å². The Balaban J connectivity index is 2.19. The van der Waals surface area contributed by atoms with Gasteiger partial charge in [0, 0.05) is 32.3 Å². The molecule has 0 spiro atoms. The lowest BCUT2D eigenvalue weighted by Gasteiger charge is -2.08. The minimum Gasteiger partial charge on any atom is -0.391 e. The molecule has 4 heteroatoms. The number of aromatic nitrogens is 2. The fraction of sp³-hybridized carbons (Fsp3) is 0.625. The molecule has 66 valence electrons. The van der Waals surface area contributed by atoms with Crippen LogP contribution in [0, 0.1) is 0 Å². The van der Waals surface area contributed by atoms with Gasteiger partial charge in [-0.05, 0) is 6.07 Å².